The number of hydrogen-bond donors (Lipinski definition) is 0. The first kappa shape index (κ1) is 12.2. The normalized spacial score (nSPS) is 20.2. The molecule has 1 heterocycles. The second-order valence-corrected chi connectivity index (χ2v) is 9.33. The molecule has 0 aromatic heterocycles. The first-order valence-electron chi connectivity index (χ1n) is 4.90. The summed E-state index contributed by atoms with van der Waals surface area (Å²) < 4.78 is 0.794. The van der Waals surface area contributed by atoms with Gasteiger partial charge in [-0.1, -0.05) is 55.8 Å². The summed E-state index contributed by atoms with van der Waals surface area (Å²) in [6.07, 6.45) is 6.20. The van der Waals surface area contributed by atoms with Gasteiger partial charge in [0.15, 0.2) is 0 Å². The van der Waals surface area contributed by atoms with Crippen LogP contribution in [0.3, 0.4) is 0 Å². The van der Waals surface area contributed by atoms with Crippen LogP contribution in [0.5, 0.6) is 0 Å². The van der Waals surface area contributed by atoms with Crippen LogP contribution in [0, 0.1) is 0 Å². The molecule has 5 heteroatoms. The topological polar surface area (TPSA) is 12.4 Å². The molecule has 1 aliphatic carbocycles. The van der Waals surface area contributed by atoms with E-state index in [1.807, 2.05) is 24.3 Å². The molecule has 0 unspecified atom stereocenters. The fourth-order valence-electron chi connectivity index (χ4n) is 1.67. The van der Waals surface area contributed by atoms with Crippen LogP contribution >= 0.6 is 59.6 Å². The quantitative estimate of drug-likeness (QED) is 0.485. The van der Waals surface area contributed by atoms with Gasteiger partial charge in [-0.2, -0.15) is 0 Å². The van der Waals surface area contributed by atoms with Crippen molar-refractivity contribution in [2.75, 3.05) is 0 Å². The van der Waals surface area contributed by atoms with Crippen molar-refractivity contribution in [2.45, 2.75) is 8.13 Å². The summed E-state index contributed by atoms with van der Waals surface area (Å²) in [5.74, 6) is 0. The van der Waals surface area contributed by atoms with E-state index in [-0.39, 0.29) is 3.23 Å². The van der Waals surface area contributed by atoms with Gasteiger partial charge in [0.25, 0.3) is 0 Å². The van der Waals surface area contributed by atoms with Crippen LogP contribution in [0.15, 0.2) is 55.7 Å². The van der Waals surface area contributed by atoms with Crippen molar-refractivity contribution < 1.29 is 0 Å². The number of alkyl halides is 2. The molecular formula is C12H6Br3NS. The third kappa shape index (κ3) is 2.35. The molecule has 0 bridgehead atoms. The minimum Gasteiger partial charge on any atom is -0.245 e. The number of fused-ring (bicyclic) bond motifs is 2. The maximum Gasteiger partial charge on any atom is 0.118 e. The van der Waals surface area contributed by atoms with Crippen molar-refractivity contribution in [1.82, 2.24) is 0 Å². The van der Waals surface area contributed by atoms with Gasteiger partial charge in [-0.25, -0.2) is 4.99 Å². The number of aliphatic imine (C=N–C) groups is 1. The number of para-hydroxylation sites is 1. The van der Waals surface area contributed by atoms with Crippen LogP contribution in [-0.2, 0) is 0 Å². The van der Waals surface area contributed by atoms with E-state index in [0.717, 1.165) is 15.9 Å². The number of thioether (sulfide) groups is 1. The largest absolute Gasteiger partial charge is 0.245 e. The molecule has 0 N–H and O–H groups in total. The van der Waals surface area contributed by atoms with E-state index in [1.54, 1.807) is 11.8 Å². The van der Waals surface area contributed by atoms with E-state index in [4.69, 9.17) is 0 Å². The van der Waals surface area contributed by atoms with Gasteiger partial charge in [-0.05, 0) is 40.2 Å². The average molecular weight is 436 g/mol. The van der Waals surface area contributed by atoms with Gasteiger partial charge in [-0.15, -0.1) is 0 Å². The molecule has 0 saturated heterocycles. The van der Waals surface area contributed by atoms with Crippen molar-refractivity contribution in [1.29, 1.82) is 0 Å². The van der Waals surface area contributed by atoms with Gasteiger partial charge >= 0.3 is 0 Å². The molecule has 1 aromatic carbocycles. The SMILES string of the molecule is Brc1cccc2c1N=C1C=CC(Br)(Br)C=C1S2. The Morgan fingerprint density at radius 1 is 1.24 bits per heavy atom. The monoisotopic (exact) mass is 433 g/mol. The number of benzene rings is 1. The summed E-state index contributed by atoms with van der Waals surface area (Å²) in [7, 11) is 0. The van der Waals surface area contributed by atoms with E-state index in [0.29, 0.717) is 0 Å². The number of nitrogens with zero attached hydrogens (tertiary/aromatic N) is 1. The highest BCUT2D eigenvalue weighted by Gasteiger charge is 2.27. The summed E-state index contributed by atoms with van der Waals surface area (Å²) in [6.45, 7) is 0. The van der Waals surface area contributed by atoms with Crippen LogP contribution < -0.4 is 0 Å². The zero-order valence-corrected chi connectivity index (χ0v) is 14.0. The van der Waals surface area contributed by atoms with Crippen LogP contribution in [0.2, 0.25) is 0 Å². The minimum absolute atomic E-state index is 0.245. The Morgan fingerprint density at radius 2 is 2.06 bits per heavy atom. The van der Waals surface area contributed by atoms with E-state index in [2.05, 4.69) is 64.9 Å². The van der Waals surface area contributed by atoms with Gasteiger partial charge in [-0.3, -0.25) is 0 Å². The highest BCUT2D eigenvalue weighted by Crippen LogP contribution is 2.47. The summed E-state index contributed by atoms with van der Waals surface area (Å²) in [5, 5.41) is 0. The smallest absolute Gasteiger partial charge is 0.118 e. The van der Waals surface area contributed by atoms with Crippen molar-refractivity contribution in [3.63, 3.8) is 0 Å². The summed E-state index contributed by atoms with van der Waals surface area (Å²) in [6, 6.07) is 6.14. The first-order chi connectivity index (χ1) is 8.05. The van der Waals surface area contributed by atoms with Crippen molar-refractivity contribution in [2.24, 2.45) is 4.99 Å². The summed E-state index contributed by atoms with van der Waals surface area (Å²) in [4.78, 5) is 7.04. The molecule has 0 amide bonds. The fourth-order valence-corrected chi connectivity index (χ4v) is 4.38. The molecule has 0 atom stereocenters. The lowest BCUT2D eigenvalue weighted by molar-refractivity contribution is 1.30. The standard InChI is InChI=1S/C12H6Br3NS/c13-7-2-1-3-9-11(7)16-8-4-5-12(14,15)6-10(8)17-9/h1-6H. The number of hydrogen-bond acceptors (Lipinski definition) is 2. The van der Waals surface area contributed by atoms with Crippen LogP contribution in [0.4, 0.5) is 5.69 Å². The van der Waals surface area contributed by atoms with Crippen LogP contribution in [-0.4, -0.2) is 8.95 Å². The Labute approximate surface area is 129 Å². The first-order valence-corrected chi connectivity index (χ1v) is 8.10. The molecule has 1 nitrogen and oxygen atoms in total. The zero-order chi connectivity index (χ0) is 12.0. The number of rotatable bonds is 0. The predicted octanol–water partition coefficient (Wildman–Crippen LogP) is 5.57. The second kappa shape index (κ2) is 4.37. The molecular weight excluding hydrogens is 430 g/mol. The molecule has 86 valence electrons. The lowest BCUT2D eigenvalue weighted by Crippen LogP contribution is -2.14. The van der Waals surface area contributed by atoms with Gasteiger partial charge in [0.05, 0.1) is 11.4 Å². The lowest BCUT2D eigenvalue weighted by Gasteiger charge is -2.23. The zero-order valence-electron chi connectivity index (χ0n) is 8.45. The third-order valence-corrected chi connectivity index (χ3v) is 5.16. The second-order valence-electron chi connectivity index (χ2n) is 3.70. The van der Waals surface area contributed by atoms with Crippen LogP contribution in [0.25, 0.3) is 0 Å². The molecule has 3 rings (SSSR count). The Balaban J connectivity index is 2.15. The van der Waals surface area contributed by atoms with Gasteiger partial charge in [0, 0.05) is 14.3 Å². The fraction of sp³-hybridized carbons (Fsp3) is 0.0833. The Bertz CT molecular complexity index is 587. The molecule has 1 aliphatic heterocycles. The van der Waals surface area contributed by atoms with E-state index >= 15 is 0 Å². The minimum atomic E-state index is -0.245. The Morgan fingerprint density at radius 3 is 2.88 bits per heavy atom. The highest BCUT2D eigenvalue weighted by molar-refractivity contribution is 9.25. The predicted molar refractivity (Wildman–Crippen MR) is 84.9 cm³/mol. The molecule has 0 saturated carbocycles. The lowest BCUT2D eigenvalue weighted by atomic mass is 10.1. The van der Waals surface area contributed by atoms with Crippen LogP contribution in [0.1, 0.15) is 0 Å². The van der Waals surface area contributed by atoms with Gasteiger partial charge in [0.1, 0.15) is 3.23 Å². The van der Waals surface area contributed by atoms with E-state index in [9.17, 15) is 0 Å². The molecule has 17 heavy (non-hydrogen) atoms. The van der Waals surface area contributed by atoms with Crippen molar-refractivity contribution >= 4 is 71.0 Å². The highest BCUT2D eigenvalue weighted by atomic mass is 79.9. The molecule has 2 aliphatic rings. The third-order valence-electron chi connectivity index (χ3n) is 2.44. The molecule has 0 spiro atoms. The van der Waals surface area contributed by atoms with Gasteiger partial charge < -0.3 is 0 Å². The molecule has 0 fully saturated rings. The maximum atomic E-state index is 4.68. The van der Waals surface area contributed by atoms with E-state index in [1.165, 1.54) is 9.80 Å². The Kier molecular flexibility index (Phi) is 3.14. The summed E-state index contributed by atoms with van der Waals surface area (Å²) in [5.41, 5.74) is 2.04. The average Bonchev–Trinajstić information content (AvgIpc) is 2.26. The van der Waals surface area contributed by atoms with Crippen molar-refractivity contribution in [3.05, 3.63) is 45.8 Å². The molecule has 0 radical (unpaired) electrons. The maximum absolute atomic E-state index is 4.68. The molecule has 1 aromatic rings. The number of allylic oxidation sites excluding steroid dienone is 4. The van der Waals surface area contributed by atoms with E-state index < -0.39 is 0 Å². The summed E-state index contributed by atoms with van der Waals surface area (Å²) >= 11 is 12.5. The Hall–Kier alpha value is 0.160. The van der Waals surface area contributed by atoms with Gasteiger partial charge in [0.2, 0.25) is 0 Å². The number of halogens is 3. The van der Waals surface area contributed by atoms with Crippen molar-refractivity contribution in [3.8, 4) is 0 Å².